The van der Waals surface area contributed by atoms with Gasteiger partial charge >= 0.3 is 6.03 Å². The lowest BCUT2D eigenvalue weighted by Gasteiger charge is -2.14. The molecule has 214 valence electrons. The van der Waals surface area contributed by atoms with Crippen LogP contribution in [0.4, 0.5) is 16.3 Å². The number of rotatable bonds is 6. The zero-order chi connectivity index (χ0) is 29.6. The molecule has 0 radical (unpaired) electrons. The summed E-state index contributed by atoms with van der Waals surface area (Å²) in [6, 6.07) is 10.6. The average molecular weight is 583 g/mol. The summed E-state index contributed by atoms with van der Waals surface area (Å²) in [4.78, 5) is 31.0. The smallest absolute Gasteiger partial charge is 0.324 e. The maximum Gasteiger partial charge on any atom is 0.324 e. The minimum atomic E-state index is -0.419. The third-order valence-corrected chi connectivity index (χ3v) is 7.76. The van der Waals surface area contributed by atoms with Crippen LogP contribution in [0.1, 0.15) is 38.0 Å². The Hall–Kier alpha value is -4.97. The van der Waals surface area contributed by atoms with E-state index in [2.05, 4.69) is 30.7 Å². The summed E-state index contributed by atoms with van der Waals surface area (Å²) in [6.07, 6.45) is 5.47. The first-order chi connectivity index (χ1) is 20.0. The molecule has 5 heterocycles. The number of nitrogens with one attached hydrogen (secondary N) is 3. The summed E-state index contributed by atoms with van der Waals surface area (Å²) in [7, 11) is 1.94. The van der Waals surface area contributed by atoms with Gasteiger partial charge in [-0.05, 0) is 44.2 Å². The molecule has 2 amide bonds. The van der Waals surface area contributed by atoms with Crippen molar-refractivity contribution in [2.75, 3.05) is 10.6 Å². The molecular weight excluding hydrogens is 552 g/mol. The molecule has 0 aliphatic rings. The van der Waals surface area contributed by atoms with Crippen molar-refractivity contribution in [3.05, 3.63) is 72.4 Å². The lowest BCUT2D eigenvalue weighted by Crippen LogP contribution is -2.20. The van der Waals surface area contributed by atoms with Crippen molar-refractivity contribution in [3.63, 3.8) is 0 Å². The Labute approximate surface area is 246 Å². The van der Waals surface area contributed by atoms with Gasteiger partial charge in [0.2, 0.25) is 0 Å². The number of imidazole rings is 2. The normalized spacial score (nSPS) is 11.7. The fraction of sp³-hybridized carbons (Fsp3) is 0.233. The first-order valence-electron chi connectivity index (χ1n) is 13.3. The van der Waals surface area contributed by atoms with Gasteiger partial charge in [0.25, 0.3) is 0 Å². The number of aromatic amines is 1. The molecule has 0 saturated carbocycles. The predicted molar refractivity (Wildman–Crippen MR) is 163 cm³/mol. The van der Waals surface area contributed by atoms with Crippen molar-refractivity contribution >= 4 is 39.1 Å². The number of aromatic nitrogens is 6. The summed E-state index contributed by atoms with van der Waals surface area (Å²) >= 11 is 1.58. The van der Waals surface area contributed by atoms with Crippen LogP contribution in [0.2, 0.25) is 0 Å². The van der Waals surface area contributed by atoms with Crippen molar-refractivity contribution in [3.8, 4) is 33.3 Å². The zero-order valence-corrected chi connectivity index (χ0v) is 24.9. The minimum absolute atomic E-state index is 0.260. The third-order valence-electron chi connectivity index (χ3n) is 6.60. The molecule has 0 saturated heterocycles. The van der Waals surface area contributed by atoms with Crippen LogP contribution in [-0.2, 0) is 12.5 Å². The number of carbonyl (C=O) groups is 1. The van der Waals surface area contributed by atoms with E-state index in [4.69, 9.17) is 14.2 Å². The van der Waals surface area contributed by atoms with Crippen molar-refractivity contribution in [1.82, 2.24) is 29.7 Å². The number of hydrogen-bond acceptors (Lipinski definition) is 8. The average Bonchev–Trinajstić information content (AvgIpc) is 3.72. The fourth-order valence-corrected chi connectivity index (χ4v) is 5.52. The highest BCUT2D eigenvalue weighted by molar-refractivity contribution is 7.22. The molecule has 6 rings (SSSR count). The molecule has 11 nitrogen and oxygen atoms in total. The number of ether oxygens (including phenoxy) is 1. The number of fused-ring (bicyclic) bond motifs is 1. The van der Waals surface area contributed by atoms with Crippen LogP contribution in [0.25, 0.3) is 32.0 Å². The second-order valence-corrected chi connectivity index (χ2v) is 12.1. The van der Waals surface area contributed by atoms with Crippen LogP contribution >= 0.6 is 11.3 Å². The second-order valence-electron chi connectivity index (χ2n) is 11.0. The van der Waals surface area contributed by atoms with Gasteiger partial charge in [-0.3, -0.25) is 10.3 Å². The maximum absolute atomic E-state index is 13.0. The van der Waals surface area contributed by atoms with Gasteiger partial charge in [0, 0.05) is 36.6 Å². The predicted octanol–water partition coefficient (Wildman–Crippen LogP) is 7.43. The van der Waals surface area contributed by atoms with Gasteiger partial charge < -0.3 is 24.1 Å². The van der Waals surface area contributed by atoms with Crippen molar-refractivity contribution in [1.29, 1.82) is 0 Å². The van der Waals surface area contributed by atoms with E-state index < -0.39 is 6.03 Å². The SMILES string of the molecule is Cc1noc(C)c1-c1nc(C(C)(C)C)[nH]c1NC(=O)Nc1ccc(Oc2ccnc3cc(-c4cn(C)cn4)sc23)cc1. The largest absolute Gasteiger partial charge is 0.456 e. The first-order valence-corrected chi connectivity index (χ1v) is 14.1. The molecule has 6 aromatic rings. The Kier molecular flexibility index (Phi) is 6.77. The van der Waals surface area contributed by atoms with Crippen molar-refractivity contribution in [2.24, 2.45) is 7.05 Å². The number of H-pyrrole nitrogens is 1. The highest BCUT2D eigenvalue weighted by atomic mass is 32.1. The number of anilines is 2. The number of aryl methyl sites for hydroxylation is 3. The van der Waals surface area contributed by atoms with Gasteiger partial charge in [0.05, 0.1) is 38.4 Å². The van der Waals surface area contributed by atoms with Gasteiger partial charge in [0.15, 0.2) is 0 Å². The number of nitrogens with zero attached hydrogens (tertiary/aromatic N) is 5. The highest BCUT2D eigenvalue weighted by Gasteiger charge is 2.26. The van der Waals surface area contributed by atoms with Crippen LogP contribution < -0.4 is 15.4 Å². The third kappa shape index (κ3) is 5.36. The number of amides is 2. The van der Waals surface area contributed by atoms with E-state index in [-0.39, 0.29) is 5.41 Å². The molecular formula is C30H30N8O3S. The maximum atomic E-state index is 13.0. The summed E-state index contributed by atoms with van der Waals surface area (Å²) in [5.74, 6) is 3.16. The number of thiophene rings is 1. The quantitative estimate of drug-likeness (QED) is 0.186. The van der Waals surface area contributed by atoms with E-state index in [0.717, 1.165) is 32.2 Å². The number of hydrogen-bond donors (Lipinski definition) is 3. The molecule has 5 aromatic heterocycles. The number of pyridine rings is 1. The van der Waals surface area contributed by atoms with Crippen LogP contribution in [0.5, 0.6) is 11.5 Å². The zero-order valence-electron chi connectivity index (χ0n) is 24.1. The van der Waals surface area contributed by atoms with Crippen molar-refractivity contribution < 1.29 is 14.1 Å². The van der Waals surface area contributed by atoms with Crippen LogP contribution in [-0.4, -0.2) is 35.7 Å². The van der Waals surface area contributed by atoms with Gasteiger partial charge in [-0.25, -0.2) is 14.8 Å². The molecule has 0 aliphatic heterocycles. The molecule has 3 N–H and O–H groups in total. The van der Waals surface area contributed by atoms with Gasteiger partial charge in [-0.1, -0.05) is 25.9 Å². The Morgan fingerprint density at radius 2 is 1.88 bits per heavy atom. The number of urea groups is 1. The summed E-state index contributed by atoms with van der Waals surface area (Å²) in [5.41, 5.74) is 4.10. The molecule has 42 heavy (non-hydrogen) atoms. The van der Waals surface area contributed by atoms with Gasteiger partial charge in [-0.15, -0.1) is 11.3 Å². The minimum Gasteiger partial charge on any atom is -0.456 e. The monoisotopic (exact) mass is 582 g/mol. The molecule has 0 atom stereocenters. The lowest BCUT2D eigenvalue weighted by atomic mass is 9.96. The second kappa shape index (κ2) is 10.5. The summed E-state index contributed by atoms with van der Waals surface area (Å²) in [5, 5.41) is 9.83. The van der Waals surface area contributed by atoms with E-state index in [9.17, 15) is 4.79 Å². The number of benzene rings is 1. The molecule has 0 fully saturated rings. The highest BCUT2D eigenvalue weighted by Crippen LogP contribution is 2.39. The molecule has 0 unspecified atom stereocenters. The Morgan fingerprint density at radius 1 is 1.10 bits per heavy atom. The van der Waals surface area contributed by atoms with E-state index in [1.54, 1.807) is 48.1 Å². The van der Waals surface area contributed by atoms with E-state index >= 15 is 0 Å². The Bertz CT molecular complexity index is 1890. The van der Waals surface area contributed by atoms with Gasteiger partial charge in [0.1, 0.15) is 34.6 Å². The summed E-state index contributed by atoms with van der Waals surface area (Å²) < 4.78 is 14.4. The Balaban J connectivity index is 1.17. The lowest BCUT2D eigenvalue weighted by molar-refractivity contribution is 0.262. The Morgan fingerprint density at radius 3 is 2.55 bits per heavy atom. The van der Waals surface area contributed by atoms with E-state index in [1.807, 2.05) is 64.6 Å². The summed E-state index contributed by atoms with van der Waals surface area (Å²) in [6.45, 7) is 9.81. The van der Waals surface area contributed by atoms with Crippen LogP contribution in [0.15, 0.2) is 59.6 Å². The van der Waals surface area contributed by atoms with Crippen LogP contribution in [0.3, 0.4) is 0 Å². The molecule has 1 aromatic carbocycles. The first kappa shape index (κ1) is 27.2. The molecule has 0 aliphatic carbocycles. The molecule has 0 bridgehead atoms. The van der Waals surface area contributed by atoms with E-state index in [1.165, 1.54) is 0 Å². The standard InChI is InChI=1S/C30H30N8O3S/c1-16-24(17(2)41-37-16)25-27(35-28(34-25)30(3,4)5)36-29(39)33-18-7-9-19(10-8-18)40-22-11-12-31-20-13-23(42-26(20)22)21-14-38(6)15-32-21/h7-15H,1-6H3,(H,34,35)(H2,33,36,39). The van der Waals surface area contributed by atoms with E-state index in [0.29, 0.717) is 40.2 Å². The topological polar surface area (TPSA) is 136 Å². The molecule has 12 heteroatoms. The fourth-order valence-electron chi connectivity index (χ4n) is 4.49. The van der Waals surface area contributed by atoms with Crippen molar-refractivity contribution in [2.45, 2.75) is 40.0 Å². The molecule has 0 spiro atoms. The number of carbonyl (C=O) groups excluding carboxylic acids is 1. The van der Waals surface area contributed by atoms with Gasteiger partial charge in [-0.2, -0.15) is 0 Å². The van der Waals surface area contributed by atoms with Crippen LogP contribution in [0, 0.1) is 13.8 Å².